The fourth-order valence-corrected chi connectivity index (χ4v) is 3.44. The first-order valence-corrected chi connectivity index (χ1v) is 8.35. The van der Waals surface area contributed by atoms with Crippen LogP contribution in [0.15, 0.2) is 24.3 Å². The van der Waals surface area contributed by atoms with Crippen LogP contribution in [0, 0.1) is 18.3 Å². The lowest BCUT2D eigenvalue weighted by atomic mass is 10.1. The molecule has 2 heterocycles. The number of benzene rings is 1. The molecule has 0 radical (unpaired) electrons. The standard InChI is InChI=1S/C18H14N2O5S/c1-10-12(8-19)17(26-16(10)18(22)23-2)20-15(21)6-4-11-3-5-13-14(7-11)25-9-24-13/h3-7H,9H2,1-2H3,(H,20,21)/b6-4+. The lowest BCUT2D eigenvalue weighted by Crippen LogP contribution is -2.07. The van der Waals surface area contributed by atoms with Crippen molar-refractivity contribution in [3.8, 4) is 17.6 Å². The van der Waals surface area contributed by atoms with Gasteiger partial charge in [0.25, 0.3) is 0 Å². The lowest BCUT2D eigenvalue weighted by molar-refractivity contribution is -0.111. The Morgan fingerprint density at radius 2 is 2.12 bits per heavy atom. The van der Waals surface area contributed by atoms with Crippen molar-refractivity contribution in [2.45, 2.75) is 6.92 Å². The van der Waals surface area contributed by atoms with Crippen LogP contribution in [0.1, 0.15) is 26.4 Å². The van der Waals surface area contributed by atoms with Crippen LogP contribution < -0.4 is 14.8 Å². The van der Waals surface area contributed by atoms with Crippen molar-refractivity contribution in [2.24, 2.45) is 0 Å². The molecular weight excluding hydrogens is 356 g/mol. The normalized spacial score (nSPS) is 12.0. The molecule has 0 aliphatic carbocycles. The van der Waals surface area contributed by atoms with E-state index >= 15 is 0 Å². The summed E-state index contributed by atoms with van der Waals surface area (Å²) in [4.78, 5) is 24.2. The van der Waals surface area contributed by atoms with Crippen LogP contribution in [0.3, 0.4) is 0 Å². The summed E-state index contributed by atoms with van der Waals surface area (Å²) in [6.07, 6.45) is 2.95. The van der Waals surface area contributed by atoms with Gasteiger partial charge in [-0.1, -0.05) is 6.07 Å². The van der Waals surface area contributed by atoms with E-state index in [2.05, 4.69) is 5.32 Å². The molecule has 3 rings (SSSR count). The van der Waals surface area contributed by atoms with Gasteiger partial charge in [0.2, 0.25) is 12.7 Å². The maximum absolute atomic E-state index is 12.2. The second-order valence-electron chi connectivity index (χ2n) is 5.30. The fraction of sp³-hybridized carbons (Fsp3) is 0.167. The molecule has 0 fully saturated rings. The van der Waals surface area contributed by atoms with Gasteiger partial charge < -0.3 is 19.5 Å². The number of ether oxygens (including phenoxy) is 3. The van der Waals surface area contributed by atoms with Gasteiger partial charge in [0.05, 0.1) is 12.7 Å². The van der Waals surface area contributed by atoms with Crippen molar-refractivity contribution in [3.63, 3.8) is 0 Å². The summed E-state index contributed by atoms with van der Waals surface area (Å²) >= 11 is 1.01. The lowest BCUT2D eigenvalue weighted by Gasteiger charge is -2.00. The zero-order chi connectivity index (χ0) is 18.7. The van der Waals surface area contributed by atoms with Gasteiger partial charge in [-0.25, -0.2) is 4.79 Å². The zero-order valence-corrected chi connectivity index (χ0v) is 14.8. The maximum atomic E-state index is 12.2. The number of nitrogens with one attached hydrogen (secondary N) is 1. The van der Waals surface area contributed by atoms with E-state index in [1.165, 1.54) is 13.2 Å². The smallest absolute Gasteiger partial charge is 0.348 e. The predicted molar refractivity (Wildman–Crippen MR) is 95.3 cm³/mol. The van der Waals surface area contributed by atoms with Crippen molar-refractivity contribution in [2.75, 3.05) is 19.2 Å². The Hall–Kier alpha value is -3.31. The molecule has 7 nitrogen and oxygen atoms in total. The number of methoxy groups -OCH3 is 1. The second-order valence-corrected chi connectivity index (χ2v) is 6.32. The van der Waals surface area contributed by atoms with Crippen LogP contribution in [-0.4, -0.2) is 25.8 Å². The van der Waals surface area contributed by atoms with Crippen LogP contribution in [0.5, 0.6) is 11.5 Å². The molecular formula is C18H14N2O5S. The highest BCUT2D eigenvalue weighted by Gasteiger charge is 2.21. The van der Waals surface area contributed by atoms with Gasteiger partial charge in [0.15, 0.2) is 11.5 Å². The minimum Gasteiger partial charge on any atom is -0.465 e. The third-order valence-electron chi connectivity index (χ3n) is 3.69. The number of rotatable bonds is 4. The molecule has 2 aromatic rings. The van der Waals surface area contributed by atoms with Gasteiger partial charge in [-0.15, -0.1) is 11.3 Å². The van der Waals surface area contributed by atoms with Crippen molar-refractivity contribution in [1.29, 1.82) is 5.26 Å². The summed E-state index contributed by atoms with van der Waals surface area (Å²) in [5.41, 5.74) is 1.50. The van der Waals surface area contributed by atoms with Gasteiger partial charge in [-0.2, -0.15) is 5.26 Å². The first kappa shape index (κ1) is 17.5. The monoisotopic (exact) mass is 370 g/mol. The van der Waals surface area contributed by atoms with E-state index in [1.54, 1.807) is 31.2 Å². The SMILES string of the molecule is COC(=O)c1sc(NC(=O)/C=C/c2ccc3c(c2)OCO3)c(C#N)c1C. The Balaban J connectivity index is 1.76. The van der Waals surface area contributed by atoms with E-state index < -0.39 is 11.9 Å². The molecule has 0 unspecified atom stereocenters. The quantitative estimate of drug-likeness (QED) is 0.656. The third kappa shape index (κ3) is 3.38. The van der Waals surface area contributed by atoms with Crippen molar-refractivity contribution in [1.82, 2.24) is 0 Å². The van der Waals surface area contributed by atoms with E-state index in [1.807, 2.05) is 6.07 Å². The van der Waals surface area contributed by atoms with Crippen LogP contribution in [0.25, 0.3) is 6.08 Å². The Kier molecular flexibility index (Phi) is 4.91. The number of carbonyl (C=O) groups excluding carboxylic acids is 2. The molecule has 1 aliphatic heterocycles. The van der Waals surface area contributed by atoms with Gasteiger partial charge in [0, 0.05) is 6.08 Å². The molecule has 0 bridgehead atoms. The number of nitriles is 1. The molecule has 1 N–H and O–H groups in total. The molecule has 8 heteroatoms. The minimum atomic E-state index is -0.541. The zero-order valence-electron chi connectivity index (χ0n) is 14.0. The third-order valence-corrected chi connectivity index (χ3v) is 4.88. The molecule has 0 saturated heterocycles. The molecule has 0 saturated carbocycles. The Labute approximate surface area is 153 Å². The number of anilines is 1. The first-order chi connectivity index (χ1) is 12.5. The van der Waals surface area contributed by atoms with Crippen LogP contribution in [-0.2, 0) is 9.53 Å². The molecule has 0 spiro atoms. The summed E-state index contributed by atoms with van der Waals surface area (Å²) in [5.74, 6) is 0.322. The molecule has 1 aliphatic rings. The van der Waals surface area contributed by atoms with E-state index in [-0.39, 0.29) is 12.4 Å². The van der Waals surface area contributed by atoms with E-state index in [9.17, 15) is 14.9 Å². The minimum absolute atomic E-state index is 0.181. The van der Waals surface area contributed by atoms with Crippen molar-refractivity contribution >= 4 is 34.3 Å². The van der Waals surface area contributed by atoms with Crippen molar-refractivity contribution < 1.29 is 23.8 Å². The predicted octanol–water partition coefficient (Wildman–Crippen LogP) is 3.10. The molecule has 26 heavy (non-hydrogen) atoms. The van der Waals surface area contributed by atoms with Crippen LogP contribution in [0.2, 0.25) is 0 Å². The Bertz CT molecular complexity index is 955. The number of hydrogen-bond donors (Lipinski definition) is 1. The highest BCUT2D eigenvalue weighted by atomic mass is 32.1. The number of fused-ring (bicyclic) bond motifs is 1. The highest BCUT2D eigenvalue weighted by Crippen LogP contribution is 2.34. The number of carbonyl (C=O) groups is 2. The second kappa shape index (κ2) is 7.29. The van der Waals surface area contributed by atoms with Gasteiger partial charge in [-0.3, -0.25) is 4.79 Å². The summed E-state index contributed by atoms with van der Waals surface area (Å²) in [5, 5.41) is 12.2. The number of nitrogens with zero attached hydrogens (tertiary/aromatic N) is 1. The highest BCUT2D eigenvalue weighted by molar-refractivity contribution is 7.18. The Morgan fingerprint density at radius 3 is 2.85 bits per heavy atom. The average Bonchev–Trinajstić information content (AvgIpc) is 3.23. The van der Waals surface area contributed by atoms with Crippen LogP contribution in [0.4, 0.5) is 5.00 Å². The average molecular weight is 370 g/mol. The van der Waals surface area contributed by atoms with E-state index in [4.69, 9.17) is 14.2 Å². The number of hydrogen-bond acceptors (Lipinski definition) is 7. The fourth-order valence-electron chi connectivity index (χ4n) is 2.37. The molecule has 1 amide bonds. The summed E-state index contributed by atoms with van der Waals surface area (Å²) in [6.45, 7) is 1.82. The maximum Gasteiger partial charge on any atom is 0.348 e. The number of thiophene rings is 1. The number of amides is 1. The van der Waals surface area contributed by atoms with E-state index in [0.29, 0.717) is 26.9 Å². The molecule has 0 atom stereocenters. The summed E-state index contributed by atoms with van der Waals surface area (Å²) in [7, 11) is 1.26. The van der Waals surface area contributed by atoms with Gasteiger partial charge in [0.1, 0.15) is 15.9 Å². The largest absolute Gasteiger partial charge is 0.465 e. The molecule has 132 valence electrons. The van der Waals surface area contributed by atoms with E-state index in [0.717, 1.165) is 16.9 Å². The van der Waals surface area contributed by atoms with Gasteiger partial charge in [-0.05, 0) is 36.3 Å². The summed E-state index contributed by atoms with van der Waals surface area (Å²) in [6, 6.07) is 7.32. The number of esters is 1. The topological polar surface area (TPSA) is 97.7 Å². The molecule has 1 aromatic heterocycles. The first-order valence-electron chi connectivity index (χ1n) is 7.54. The Morgan fingerprint density at radius 1 is 1.35 bits per heavy atom. The van der Waals surface area contributed by atoms with Crippen LogP contribution >= 0.6 is 11.3 Å². The van der Waals surface area contributed by atoms with Crippen molar-refractivity contribution in [3.05, 3.63) is 45.8 Å². The summed E-state index contributed by atoms with van der Waals surface area (Å²) < 4.78 is 15.2. The molecule has 1 aromatic carbocycles. The van der Waals surface area contributed by atoms with Gasteiger partial charge >= 0.3 is 5.97 Å².